The molecule has 4 aromatic carbocycles. The highest BCUT2D eigenvalue weighted by molar-refractivity contribution is 5.94. The third-order valence-electron chi connectivity index (χ3n) is 5.52. The molecular formula is C27H24N4. The van der Waals surface area contributed by atoms with Gasteiger partial charge in [0.1, 0.15) is 0 Å². The Balaban J connectivity index is 1.36. The van der Waals surface area contributed by atoms with E-state index in [9.17, 15) is 0 Å². The van der Waals surface area contributed by atoms with Gasteiger partial charge in [-0.3, -0.25) is 0 Å². The van der Waals surface area contributed by atoms with Crippen LogP contribution in [0.3, 0.4) is 0 Å². The summed E-state index contributed by atoms with van der Waals surface area (Å²) in [6, 6.07) is 31.3. The summed E-state index contributed by atoms with van der Waals surface area (Å²) in [5.74, 6) is 0. The Labute approximate surface area is 181 Å². The minimum Gasteiger partial charge on any atom is -0.399 e. The van der Waals surface area contributed by atoms with Crippen LogP contribution in [0.4, 0.5) is 22.7 Å². The van der Waals surface area contributed by atoms with E-state index < -0.39 is 0 Å². The molecule has 0 fully saturated rings. The van der Waals surface area contributed by atoms with Crippen molar-refractivity contribution >= 4 is 44.6 Å². The molecule has 0 saturated heterocycles. The van der Waals surface area contributed by atoms with E-state index in [1.165, 1.54) is 16.5 Å². The standard InChI is InChI=1S/C27H24N4/c1-29-25-11-13-27-21(17-25)16-20-15-19(4-12-26(20)31-27)14-18-2-7-23(8-3-18)30-24-9-5-22(28)6-10-24/h2-13,15-17,29-30H,14,28H2,1H3. The number of hydrogen-bond donors (Lipinski definition) is 3. The fraction of sp³-hybridized carbons (Fsp3) is 0.0741. The zero-order valence-electron chi connectivity index (χ0n) is 17.4. The normalized spacial score (nSPS) is 11.0. The summed E-state index contributed by atoms with van der Waals surface area (Å²) < 4.78 is 0. The molecule has 0 bridgehead atoms. The van der Waals surface area contributed by atoms with E-state index in [1.54, 1.807) is 0 Å². The first-order valence-electron chi connectivity index (χ1n) is 10.4. The lowest BCUT2D eigenvalue weighted by Crippen LogP contribution is -1.93. The van der Waals surface area contributed by atoms with E-state index in [0.717, 1.165) is 45.6 Å². The molecule has 0 aliphatic heterocycles. The number of nitrogens with two attached hydrogens (primary N) is 1. The molecule has 0 atom stereocenters. The van der Waals surface area contributed by atoms with Crippen LogP contribution in [0, 0.1) is 0 Å². The lowest BCUT2D eigenvalue weighted by Gasteiger charge is -2.09. The maximum absolute atomic E-state index is 5.75. The molecule has 1 aromatic heterocycles. The molecule has 0 saturated carbocycles. The number of pyridine rings is 1. The fourth-order valence-corrected chi connectivity index (χ4v) is 3.83. The molecule has 152 valence electrons. The van der Waals surface area contributed by atoms with E-state index in [0.29, 0.717) is 0 Å². The number of fused-ring (bicyclic) bond motifs is 2. The number of rotatable bonds is 5. The average Bonchev–Trinajstić information content (AvgIpc) is 2.80. The van der Waals surface area contributed by atoms with E-state index in [2.05, 4.69) is 77.4 Å². The molecule has 0 unspecified atom stereocenters. The van der Waals surface area contributed by atoms with Crippen molar-refractivity contribution in [2.24, 2.45) is 0 Å². The summed E-state index contributed by atoms with van der Waals surface area (Å²) in [7, 11) is 1.93. The van der Waals surface area contributed by atoms with Crippen molar-refractivity contribution in [3.05, 3.63) is 102 Å². The number of nitrogens with one attached hydrogen (secondary N) is 2. The van der Waals surface area contributed by atoms with Crippen molar-refractivity contribution in [1.82, 2.24) is 4.98 Å². The number of anilines is 4. The Morgan fingerprint density at radius 1 is 0.645 bits per heavy atom. The summed E-state index contributed by atoms with van der Waals surface area (Å²) in [4.78, 5) is 4.81. The van der Waals surface area contributed by atoms with Gasteiger partial charge in [-0.05, 0) is 90.3 Å². The Morgan fingerprint density at radius 2 is 1.23 bits per heavy atom. The maximum atomic E-state index is 5.75. The van der Waals surface area contributed by atoms with Crippen LogP contribution in [-0.4, -0.2) is 12.0 Å². The van der Waals surface area contributed by atoms with Gasteiger partial charge in [0.2, 0.25) is 0 Å². The minimum absolute atomic E-state index is 0.766. The number of nitrogen functional groups attached to an aromatic ring is 1. The van der Waals surface area contributed by atoms with Gasteiger partial charge in [-0.15, -0.1) is 0 Å². The Morgan fingerprint density at radius 3 is 1.94 bits per heavy atom. The molecule has 0 aliphatic rings. The smallest absolute Gasteiger partial charge is 0.0711 e. The first-order valence-corrected chi connectivity index (χ1v) is 10.4. The maximum Gasteiger partial charge on any atom is 0.0711 e. The molecule has 31 heavy (non-hydrogen) atoms. The van der Waals surface area contributed by atoms with Crippen LogP contribution in [-0.2, 0) is 6.42 Å². The van der Waals surface area contributed by atoms with Crippen molar-refractivity contribution < 1.29 is 0 Å². The number of nitrogens with zero attached hydrogens (tertiary/aromatic N) is 1. The van der Waals surface area contributed by atoms with Crippen LogP contribution in [0.15, 0.2) is 91.0 Å². The largest absolute Gasteiger partial charge is 0.399 e. The van der Waals surface area contributed by atoms with Crippen LogP contribution in [0.2, 0.25) is 0 Å². The lowest BCUT2D eigenvalue weighted by molar-refractivity contribution is 1.20. The SMILES string of the molecule is CNc1ccc2nc3ccc(Cc4ccc(Nc5ccc(N)cc5)cc4)cc3cc2c1. The van der Waals surface area contributed by atoms with E-state index >= 15 is 0 Å². The molecule has 0 radical (unpaired) electrons. The topological polar surface area (TPSA) is 63.0 Å². The predicted molar refractivity (Wildman–Crippen MR) is 132 cm³/mol. The molecule has 4 N–H and O–H groups in total. The molecule has 0 aliphatic carbocycles. The number of benzene rings is 4. The molecule has 0 amide bonds. The summed E-state index contributed by atoms with van der Waals surface area (Å²) in [6.07, 6.45) is 0.882. The zero-order chi connectivity index (χ0) is 21.2. The van der Waals surface area contributed by atoms with Crippen molar-refractivity contribution in [3.8, 4) is 0 Å². The zero-order valence-corrected chi connectivity index (χ0v) is 17.4. The molecule has 4 heteroatoms. The molecule has 4 nitrogen and oxygen atoms in total. The summed E-state index contributed by atoms with van der Waals surface area (Å²) in [6.45, 7) is 0. The van der Waals surface area contributed by atoms with Gasteiger partial charge in [0.15, 0.2) is 0 Å². The predicted octanol–water partition coefficient (Wildman–Crippen LogP) is 6.35. The Bertz CT molecular complexity index is 1360. The van der Waals surface area contributed by atoms with Gasteiger partial charge < -0.3 is 16.4 Å². The van der Waals surface area contributed by atoms with E-state index in [1.807, 2.05) is 31.3 Å². The van der Waals surface area contributed by atoms with Crippen LogP contribution in [0.25, 0.3) is 21.8 Å². The average molecular weight is 405 g/mol. The van der Waals surface area contributed by atoms with Gasteiger partial charge in [0.05, 0.1) is 11.0 Å². The van der Waals surface area contributed by atoms with Crippen molar-refractivity contribution in [3.63, 3.8) is 0 Å². The van der Waals surface area contributed by atoms with Crippen molar-refractivity contribution in [1.29, 1.82) is 0 Å². The summed E-state index contributed by atoms with van der Waals surface area (Å²) >= 11 is 0. The Kier molecular flexibility index (Phi) is 4.89. The van der Waals surface area contributed by atoms with Gasteiger partial charge in [-0.2, -0.15) is 0 Å². The lowest BCUT2D eigenvalue weighted by atomic mass is 10.0. The Hall–Kier alpha value is -4.05. The van der Waals surface area contributed by atoms with Crippen LogP contribution < -0.4 is 16.4 Å². The van der Waals surface area contributed by atoms with Gasteiger partial charge in [0, 0.05) is 40.6 Å². The molecule has 5 aromatic rings. The van der Waals surface area contributed by atoms with Crippen molar-refractivity contribution in [2.45, 2.75) is 6.42 Å². The second-order valence-electron chi connectivity index (χ2n) is 7.79. The molecule has 1 heterocycles. The van der Waals surface area contributed by atoms with Gasteiger partial charge in [-0.1, -0.05) is 18.2 Å². The molecule has 0 spiro atoms. The van der Waals surface area contributed by atoms with Gasteiger partial charge >= 0.3 is 0 Å². The minimum atomic E-state index is 0.766. The van der Waals surface area contributed by atoms with Crippen LogP contribution >= 0.6 is 0 Å². The van der Waals surface area contributed by atoms with Crippen LogP contribution in [0.5, 0.6) is 0 Å². The molecular weight excluding hydrogens is 380 g/mol. The highest BCUT2D eigenvalue weighted by atomic mass is 14.9. The first-order chi connectivity index (χ1) is 15.2. The van der Waals surface area contributed by atoms with Crippen LogP contribution in [0.1, 0.15) is 11.1 Å². The van der Waals surface area contributed by atoms with Crippen molar-refractivity contribution in [2.75, 3.05) is 23.4 Å². The van der Waals surface area contributed by atoms with E-state index in [-0.39, 0.29) is 0 Å². The van der Waals surface area contributed by atoms with E-state index in [4.69, 9.17) is 10.7 Å². The third kappa shape index (κ3) is 4.14. The first kappa shape index (κ1) is 18.9. The monoisotopic (exact) mass is 404 g/mol. The summed E-state index contributed by atoms with van der Waals surface area (Å²) in [5.41, 5.74) is 14.3. The highest BCUT2D eigenvalue weighted by Gasteiger charge is 2.04. The molecule has 5 rings (SSSR count). The summed E-state index contributed by atoms with van der Waals surface area (Å²) in [5, 5.41) is 8.91. The second-order valence-corrected chi connectivity index (χ2v) is 7.79. The number of hydrogen-bond acceptors (Lipinski definition) is 4. The third-order valence-corrected chi connectivity index (χ3v) is 5.52. The fourth-order valence-electron chi connectivity index (χ4n) is 3.83. The van der Waals surface area contributed by atoms with Gasteiger partial charge in [-0.25, -0.2) is 4.98 Å². The highest BCUT2D eigenvalue weighted by Crippen LogP contribution is 2.25. The van der Waals surface area contributed by atoms with Gasteiger partial charge in [0.25, 0.3) is 0 Å². The quantitative estimate of drug-likeness (QED) is 0.236. The second kappa shape index (κ2) is 8.00. The number of aromatic nitrogens is 1.